The molecule has 7 heteroatoms. The normalized spacial score (nSPS) is 10.5. The van der Waals surface area contributed by atoms with E-state index >= 15 is 0 Å². The highest BCUT2D eigenvalue weighted by Gasteiger charge is 2.18. The van der Waals surface area contributed by atoms with E-state index in [0.717, 1.165) is 21.8 Å². The second kappa shape index (κ2) is 9.20. The summed E-state index contributed by atoms with van der Waals surface area (Å²) in [6, 6.07) is 20.4. The van der Waals surface area contributed by atoms with Crippen molar-refractivity contribution in [1.82, 2.24) is 4.98 Å². The number of amides is 1. The first-order valence-electron chi connectivity index (χ1n) is 9.43. The first-order valence-corrected chi connectivity index (χ1v) is 10.7. The largest absolute Gasteiger partial charge is 0.496 e. The van der Waals surface area contributed by atoms with Crippen LogP contribution in [0.4, 0.5) is 5.69 Å². The van der Waals surface area contributed by atoms with Gasteiger partial charge in [-0.3, -0.25) is 4.79 Å². The van der Waals surface area contributed by atoms with Gasteiger partial charge in [0.25, 0.3) is 5.91 Å². The van der Waals surface area contributed by atoms with Gasteiger partial charge in [0.2, 0.25) is 0 Å². The van der Waals surface area contributed by atoms with Gasteiger partial charge in [0.05, 0.1) is 19.9 Å². The third-order valence-electron chi connectivity index (χ3n) is 4.69. The van der Waals surface area contributed by atoms with Crippen LogP contribution >= 0.6 is 22.9 Å². The third kappa shape index (κ3) is 4.55. The molecule has 0 atom stereocenters. The Morgan fingerprint density at radius 2 is 1.52 bits per heavy atom. The molecule has 0 aliphatic rings. The summed E-state index contributed by atoms with van der Waals surface area (Å²) in [4.78, 5) is 17.5. The molecular weight excluding hydrogens is 432 g/mol. The molecule has 0 fully saturated rings. The first kappa shape index (κ1) is 20.9. The van der Waals surface area contributed by atoms with Crippen molar-refractivity contribution in [2.75, 3.05) is 19.5 Å². The molecular formula is C24H19ClN2O3S. The Bertz CT molecular complexity index is 1180. The van der Waals surface area contributed by atoms with Gasteiger partial charge in [0.15, 0.2) is 0 Å². The Balaban J connectivity index is 1.52. The Labute approximate surface area is 189 Å². The van der Waals surface area contributed by atoms with Crippen LogP contribution in [0.15, 0.2) is 72.1 Å². The molecule has 156 valence electrons. The molecule has 0 spiro atoms. The van der Waals surface area contributed by atoms with Crippen molar-refractivity contribution >= 4 is 34.5 Å². The summed E-state index contributed by atoms with van der Waals surface area (Å²) in [7, 11) is 3.04. The average Bonchev–Trinajstić information content (AvgIpc) is 3.29. The summed E-state index contributed by atoms with van der Waals surface area (Å²) in [5.74, 6) is 0.595. The Morgan fingerprint density at radius 3 is 2.13 bits per heavy atom. The number of carbonyl (C=O) groups excluding carboxylic acids is 1. The molecule has 0 aliphatic carbocycles. The number of rotatable bonds is 6. The van der Waals surface area contributed by atoms with Crippen molar-refractivity contribution in [3.63, 3.8) is 0 Å². The predicted molar refractivity (Wildman–Crippen MR) is 125 cm³/mol. The van der Waals surface area contributed by atoms with Gasteiger partial charge in [0.1, 0.15) is 22.1 Å². The molecule has 1 heterocycles. The lowest BCUT2D eigenvalue weighted by Crippen LogP contribution is -2.14. The van der Waals surface area contributed by atoms with E-state index in [4.69, 9.17) is 26.1 Å². The minimum atomic E-state index is -0.305. The zero-order valence-electron chi connectivity index (χ0n) is 16.9. The molecule has 0 saturated carbocycles. The highest BCUT2D eigenvalue weighted by atomic mass is 35.5. The maximum absolute atomic E-state index is 12.8. The molecule has 0 unspecified atom stereocenters. The van der Waals surface area contributed by atoms with Crippen LogP contribution < -0.4 is 14.8 Å². The maximum atomic E-state index is 12.8. The van der Waals surface area contributed by atoms with Crippen LogP contribution in [0.5, 0.6) is 11.5 Å². The lowest BCUT2D eigenvalue weighted by atomic mass is 10.1. The SMILES string of the molecule is COc1cccc(OC)c1C(=O)Nc1ccc(-c2csc(-c3ccc(Cl)cc3)n2)cc1. The van der Waals surface area contributed by atoms with Gasteiger partial charge >= 0.3 is 0 Å². The Hall–Kier alpha value is -3.35. The van der Waals surface area contributed by atoms with Gasteiger partial charge < -0.3 is 14.8 Å². The quantitative estimate of drug-likeness (QED) is 0.369. The average molecular weight is 451 g/mol. The van der Waals surface area contributed by atoms with Crippen molar-refractivity contribution in [2.45, 2.75) is 0 Å². The van der Waals surface area contributed by atoms with E-state index in [2.05, 4.69) is 5.32 Å². The van der Waals surface area contributed by atoms with E-state index in [1.807, 2.05) is 53.9 Å². The summed E-state index contributed by atoms with van der Waals surface area (Å²) < 4.78 is 10.6. The number of benzene rings is 3. The summed E-state index contributed by atoms with van der Waals surface area (Å²) >= 11 is 7.53. The van der Waals surface area contributed by atoms with Crippen molar-refractivity contribution in [1.29, 1.82) is 0 Å². The summed E-state index contributed by atoms with van der Waals surface area (Å²) in [6.45, 7) is 0. The van der Waals surface area contributed by atoms with Crippen molar-refractivity contribution < 1.29 is 14.3 Å². The highest BCUT2D eigenvalue weighted by Crippen LogP contribution is 2.31. The first-order chi connectivity index (χ1) is 15.1. The molecule has 1 amide bonds. The van der Waals surface area contributed by atoms with E-state index in [1.165, 1.54) is 14.2 Å². The molecule has 1 aromatic heterocycles. The monoisotopic (exact) mass is 450 g/mol. The van der Waals surface area contributed by atoms with Crippen LogP contribution in [0, 0.1) is 0 Å². The molecule has 0 radical (unpaired) electrons. The number of hydrogen-bond donors (Lipinski definition) is 1. The molecule has 4 rings (SSSR count). The van der Waals surface area contributed by atoms with Gasteiger partial charge in [-0.05, 0) is 36.4 Å². The number of methoxy groups -OCH3 is 2. The number of anilines is 1. The fourth-order valence-corrected chi connectivity index (χ4v) is 4.09. The van der Waals surface area contributed by atoms with Crippen LogP contribution in [-0.4, -0.2) is 25.1 Å². The van der Waals surface area contributed by atoms with E-state index < -0.39 is 0 Å². The van der Waals surface area contributed by atoms with Crippen LogP contribution in [-0.2, 0) is 0 Å². The number of nitrogens with zero attached hydrogens (tertiary/aromatic N) is 1. The van der Waals surface area contributed by atoms with Crippen LogP contribution in [0.3, 0.4) is 0 Å². The molecule has 1 N–H and O–H groups in total. The minimum absolute atomic E-state index is 0.305. The Morgan fingerprint density at radius 1 is 0.903 bits per heavy atom. The van der Waals surface area contributed by atoms with E-state index in [1.54, 1.807) is 29.5 Å². The molecule has 0 saturated heterocycles. The van der Waals surface area contributed by atoms with Crippen LogP contribution in [0.25, 0.3) is 21.8 Å². The lowest BCUT2D eigenvalue weighted by molar-refractivity contribution is 0.102. The summed E-state index contributed by atoms with van der Waals surface area (Å²) in [6.07, 6.45) is 0. The lowest BCUT2D eigenvalue weighted by Gasteiger charge is -2.13. The number of halogens is 1. The molecule has 4 aromatic rings. The number of aromatic nitrogens is 1. The van der Waals surface area contributed by atoms with Gasteiger partial charge in [-0.15, -0.1) is 11.3 Å². The Kier molecular flexibility index (Phi) is 6.21. The van der Waals surface area contributed by atoms with Gasteiger partial charge in [-0.25, -0.2) is 4.98 Å². The van der Waals surface area contributed by atoms with Crippen molar-refractivity contribution in [2.24, 2.45) is 0 Å². The topological polar surface area (TPSA) is 60.5 Å². The van der Waals surface area contributed by atoms with E-state index in [-0.39, 0.29) is 5.91 Å². The predicted octanol–water partition coefficient (Wildman–Crippen LogP) is 6.40. The smallest absolute Gasteiger partial charge is 0.263 e. The number of ether oxygens (including phenoxy) is 2. The van der Waals surface area contributed by atoms with Crippen molar-refractivity contribution in [3.05, 3.63) is 82.7 Å². The molecule has 3 aromatic carbocycles. The number of carbonyl (C=O) groups is 1. The molecule has 31 heavy (non-hydrogen) atoms. The van der Waals surface area contributed by atoms with Gasteiger partial charge in [-0.2, -0.15) is 0 Å². The standard InChI is InChI=1S/C24H19ClN2O3S/c1-29-20-4-3-5-21(30-2)22(20)23(28)26-18-12-8-15(9-13-18)19-14-31-24(27-19)16-6-10-17(25)11-7-16/h3-14H,1-2H3,(H,26,28). The highest BCUT2D eigenvalue weighted by molar-refractivity contribution is 7.13. The summed E-state index contributed by atoms with van der Waals surface area (Å²) in [5, 5.41) is 6.53. The van der Waals surface area contributed by atoms with Crippen molar-refractivity contribution in [3.8, 4) is 33.3 Å². The van der Waals surface area contributed by atoms with Crippen LogP contribution in [0.2, 0.25) is 5.02 Å². The third-order valence-corrected chi connectivity index (χ3v) is 5.83. The van der Waals surface area contributed by atoms with E-state index in [9.17, 15) is 4.79 Å². The fraction of sp³-hybridized carbons (Fsp3) is 0.0833. The van der Waals surface area contributed by atoms with Gasteiger partial charge in [0, 0.05) is 27.2 Å². The fourth-order valence-electron chi connectivity index (χ4n) is 3.12. The van der Waals surface area contributed by atoms with Crippen LogP contribution in [0.1, 0.15) is 10.4 Å². The zero-order chi connectivity index (χ0) is 21.8. The van der Waals surface area contributed by atoms with E-state index in [0.29, 0.717) is 27.8 Å². The molecule has 5 nitrogen and oxygen atoms in total. The maximum Gasteiger partial charge on any atom is 0.263 e. The zero-order valence-corrected chi connectivity index (χ0v) is 18.5. The minimum Gasteiger partial charge on any atom is -0.496 e. The number of hydrogen-bond acceptors (Lipinski definition) is 5. The van der Waals surface area contributed by atoms with Gasteiger partial charge in [-0.1, -0.05) is 41.9 Å². The number of nitrogens with one attached hydrogen (secondary N) is 1. The summed E-state index contributed by atoms with van der Waals surface area (Å²) in [5.41, 5.74) is 3.87. The second-order valence-electron chi connectivity index (χ2n) is 6.61. The second-order valence-corrected chi connectivity index (χ2v) is 7.91. The number of thiazole rings is 1. The molecule has 0 aliphatic heterocycles. The molecule has 0 bridgehead atoms.